The van der Waals surface area contributed by atoms with Crippen LogP contribution < -0.4 is 10.3 Å². The van der Waals surface area contributed by atoms with Gasteiger partial charge in [0.1, 0.15) is 12.4 Å². The third kappa shape index (κ3) is 4.76. The molecule has 0 unspecified atom stereocenters. The molecule has 0 spiro atoms. The smallest absolute Gasteiger partial charge is 0.293 e. The normalized spacial score (nSPS) is 14.7. The lowest BCUT2D eigenvalue weighted by molar-refractivity contribution is -0.135. The number of methoxy groups -OCH3 is 1. The lowest BCUT2D eigenvalue weighted by Gasteiger charge is -2.34. The van der Waals surface area contributed by atoms with Crippen molar-refractivity contribution < 1.29 is 13.9 Å². The molecular formula is C21H25FN2O3. The molecule has 1 aliphatic carbocycles. The Bertz CT molecular complexity index is 826. The summed E-state index contributed by atoms with van der Waals surface area (Å²) in [6, 6.07) is 9.65. The van der Waals surface area contributed by atoms with E-state index in [1.165, 1.54) is 30.2 Å². The van der Waals surface area contributed by atoms with Crippen LogP contribution in [-0.4, -0.2) is 28.5 Å². The molecule has 5 nitrogen and oxygen atoms in total. The van der Waals surface area contributed by atoms with Crippen molar-refractivity contribution >= 4 is 5.91 Å². The first-order chi connectivity index (χ1) is 13.1. The molecule has 0 bridgehead atoms. The van der Waals surface area contributed by atoms with Gasteiger partial charge in [0.2, 0.25) is 5.91 Å². The Morgan fingerprint density at radius 1 is 1.19 bits per heavy atom. The Hall–Kier alpha value is -2.63. The highest BCUT2D eigenvalue weighted by Crippen LogP contribution is 2.24. The molecular weight excluding hydrogens is 347 g/mol. The van der Waals surface area contributed by atoms with E-state index in [1.807, 2.05) is 4.90 Å². The van der Waals surface area contributed by atoms with Gasteiger partial charge in [-0.25, -0.2) is 4.39 Å². The summed E-state index contributed by atoms with van der Waals surface area (Å²) in [5.74, 6) is -0.188. The molecule has 0 saturated heterocycles. The molecule has 1 fully saturated rings. The molecule has 0 N–H and O–H groups in total. The van der Waals surface area contributed by atoms with Gasteiger partial charge in [0.25, 0.3) is 5.56 Å². The third-order valence-corrected chi connectivity index (χ3v) is 5.11. The monoisotopic (exact) mass is 372 g/mol. The fraction of sp³-hybridized carbons (Fsp3) is 0.429. The quantitative estimate of drug-likeness (QED) is 0.781. The van der Waals surface area contributed by atoms with Crippen LogP contribution in [0.1, 0.15) is 37.7 Å². The number of pyridine rings is 1. The predicted octanol–water partition coefficient (Wildman–Crippen LogP) is 3.36. The SMILES string of the molecule is COc1cccn(CC(=O)N(Cc2ccc(F)cc2)C2CCCCC2)c1=O. The van der Waals surface area contributed by atoms with Crippen LogP contribution in [0.25, 0.3) is 0 Å². The van der Waals surface area contributed by atoms with E-state index in [2.05, 4.69) is 0 Å². The fourth-order valence-corrected chi connectivity index (χ4v) is 3.63. The minimum atomic E-state index is -0.321. The molecule has 1 amide bonds. The van der Waals surface area contributed by atoms with Crippen LogP contribution in [-0.2, 0) is 17.9 Å². The van der Waals surface area contributed by atoms with Crippen LogP contribution in [0.15, 0.2) is 47.4 Å². The van der Waals surface area contributed by atoms with E-state index in [4.69, 9.17) is 4.74 Å². The van der Waals surface area contributed by atoms with E-state index in [1.54, 1.807) is 30.5 Å². The first kappa shape index (κ1) is 19.1. The van der Waals surface area contributed by atoms with E-state index in [-0.39, 0.29) is 35.6 Å². The Kier molecular flexibility index (Phi) is 6.27. The third-order valence-electron chi connectivity index (χ3n) is 5.11. The second-order valence-electron chi connectivity index (χ2n) is 6.95. The van der Waals surface area contributed by atoms with Gasteiger partial charge in [-0.15, -0.1) is 0 Å². The first-order valence-electron chi connectivity index (χ1n) is 9.36. The van der Waals surface area contributed by atoms with Gasteiger partial charge >= 0.3 is 0 Å². The molecule has 1 saturated carbocycles. The van der Waals surface area contributed by atoms with E-state index in [0.717, 1.165) is 31.2 Å². The van der Waals surface area contributed by atoms with Gasteiger partial charge in [-0.1, -0.05) is 31.4 Å². The average molecular weight is 372 g/mol. The fourth-order valence-electron chi connectivity index (χ4n) is 3.63. The summed E-state index contributed by atoms with van der Waals surface area (Å²) in [4.78, 5) is 27.3. The van der Waals surface area contributed by atoms with Gasteiger partial charge in [0.15, 0.2) is 5.75 Å². The molecule has 1 aromatic carbocycles. The number of nitrogens with zero attached hydrogens (tertiary/aromatic N) is 2. The zero-order chi connectivity index (χ0) is 19.2. The number of hydrogen-bond donors (Lipinski definition) is 0. The molecule has 144 valence electrons. The van der Waals surface area contributed by atoms with Gasteiger partial charge < -0.3 is 14.2 Å². The second kappa shape index (κ2) is 8.84. The molecule has 2 aromatic rings. The number of aromatic nitrogens is 1. The van der Waals surface area contributed by atoms with Crippen LogP contribution in [0.3, 0.4) is 0 Å². The maximum absolute atomic E-state index is 13.2. The van der Waals surface area contributed by atoms with Crippen LogP contribution >= 0.6 is 0 Å². The van der Waals surface area contributed by atoms with Crippen molar-refractivity contribution in [3.63, 3.8) is 0 Å². The highest BCUT2D eigenvalue weighted by molar-refractivity contribution is 5.76. The number of benzene rings is 1. The predicted molar refractivity (Wildman–Crippen MR) is 101 cm³/mol. The van der Waals surface area contributed by atoms with Crippen LogP contribution in [0, 0.1) is 5.82 Å². The molecule has 1 heterocycles. The highest BCUT2D eigenvalue weighted by atomic mass is 19.1. The van der Waals surface area contributed by atoms with Crippen LogP contribution in [0.4, 0.5) is 4.39 Å². The van der Waals surface area contributed by atoms with E-state index in [9.17, 15) is 14.0 Å². The number of amides is 1. The number of rotatable bonds is 6. The first-order valence-corrected chi connectivity index (χ1v) is 9.36. The second-order valence-corrected chi connectivity index (χ2v) is 6.95. The summed E-state index contributed by atoms with van der Waals surface area (Å²) in [6.07, 6.45) is 6.89. The molecule has 27 heavy (non-hydrogen) atoms. The summed E-state index contributed by atoms with van der Waals surface area (Å²) in [7, 11) is 1.44. The van der Waals surface area contributed by atoms with Gasteiger partial charge in [-0.05, 0) is 42.7 Å². The van der Waals surface area contributed by atoms with Crippen molar-refractivity contribution in [2.45, 2.75) is 51.2 Å². The number of carbonyl (C=O) groups is 1. The van der Waals surface area contributed by atoms with E-state index in [0.29, 0.717) is 6.54 Å². The molecule has 6 heteroatoms. The van der Waals surface area contributed by atoms with Crippen LogP contribution in [0.2, 0.25) is 0 Å². The van der Waals surface area contributed by atoms with E-state index < -0.39 is 0 Å². The lowest BCUT2D eigenvalue weighted by Crippen LogP contribution is -2.43. The van der Waals surface area contributed by atoms with Crippen molar-refractivity contribution in [2.24, 2.45) is 0 Å². The molecule has 0 radical (unpaired) electrons. The van der Waals surface area contributed by atoms with Crippen LogP contribution in [0.5, 0.6) is 5.75 Å². The molecule has 0 aliphatic heterocycles. The zero-order valence-electron chi connectivity index (χ0n) is 15.6. The van der Waals surface area contributed by atoms with Crippen molar-refractivity contribution in [1.29, 1.82) is 0 Å². The van der Waals surface area contributed by atoms with Gasteiger partial charge in [0, 0.05) is 18.8 Å². The number of hydrogen-bond acceptors (Lipinski definition) is 3. The summed E-state index contributed by atoms with van der Waals surface area (Å²) in [5, 5.41) is 0. The Balaban J connectivity index is 1.81. The summed E-state index contributed by atoms with van der Waals surface area (Å²) in [5.41, 5.74) is 0.562. The number of ether oxygens (including phenoxy) is 1. The summed E-state index contributed by atoms with van der Waals surface area (Å²) >= 11 is 0. The molecule has 0 atom stereocenters. The number of halogens is 1. The van der Waals surface area contributed by atoms with E-state index >= 15 is 0 Å². The Labute approximate surface area is 158 Å². The molecule has 1 aromatic heterocycles. The summed E-state index contributed by atoms with van der Waals surface area (Å²) in [6.45, 7) is 0.385. The van der Waals surface area contributed by atoms with Gasteiger partial charge in [0.05, 0.1) is 7.11 Å². The van der Waals surface area contributed by atoms with Gasteiger partial charge in [-0.2, -0.15) is 0 Å². The maximum atomic E-state index is 13.2. The minimum Gasteiger partial charge on any atom is -0.491 e. The van der Waals surface area contributed by atoms with Crippen molar-refractivity contribution in [3.05, 3.63) is 64.3 Å². The van der Waals surface area contributed by atoms with Crippen molar-refractivity contribution in [3.8, 4) is 5.75 Å². The maximum Gasteiger partial charge on any atom is 0.293 e. The largest absolute Gasteiger partial charge is 0.491 e. The summed E-state index contributed by atoms with van der Waals surface area (Å²) < 4.78 is 19.6. The zero-order valence-corrected chi connectivity index (χ0v) is 15.6. The standard InChI is InChI=1S/C21H25FN2O3/c1-27-19-8-5-13-23(21(19)26)15-20(25)24(18-6-3-2-4-7-18)14-16-9-11-17(22)12-10-16/h5,8-13,18H,2-4,6-7,14-15H2,1H3. The highest BCUT2D eigenvalue weighted by Gasteiger charge is 2.26. The topological polar surface area (TPSA) is 51.5 Å². The Morgan fingerprint density at radius 2 is 1.89 bits per heavy atom. The van der Waals surface area contributed by atoms with Crippen molar-refractivity contribution in [2.75, 3.05) is 7.11 Å². The average Bonchev–Trinajstić information content (AvgIpc) is 2.69. The molecule has 3 rings (SSSR count). The lowest BCUT2D eigenvalue weighted by atomic mass is 9.93. The molecule has 1 aliphatic rings. The minimum absolute atomic E-state index is 0.0340. The van der Waals surface area contributed by atoms with Gasteiger partial charge in [-0.3, -0.25) is 9.59 Å². The number of carbonyl (C=O) groups excluding carboxylic acids is 1. The van der Waals surface area contributed by atoms with Crippen molar-refractivity contribution in [1.82, 2.24) is 9.47 Å². The Morgan fingerprint density at radius 3 is 2.56 bits per heavy atom.